The first-order valence-corrected chi connectivity index (χ1v) is 9.67. The summed E-state index contributed by atoms with van der Waals surface area (Å²) in [6, 6.07) is 6.04. The summed E-state index contributed by atoms with van der Waals surface area (Å²) in [6.45, 7) is 6.04. The Kier molecular flexibility index (Phi) is 5.20. The number of nitrogens with one attached hydrogen (secondary N) is 1. The van der Waals surface area contributed by atoms with Crippen molar-refractivity contribution in [2.75, 3.05) is 0 Å². The molecule has 1 aromatic carbocycles. The lowest BCUT2D eigenvalue weighted by molar-refractivity contribution is 0.0935. The minimum atomic E-state index is -0.116. The highest BCUT2D eigenvalue weighted by molar-refractivity contribution is 7.98. The molecular weight excluding hydrogens is 342 g/mol. The number of thiazole rings is 1. The molecule has 0 aliphatic heterocycles. The summed E-state index contributed by atoms with van der Waals surface area (Å²) in [7, 11) is 0. The van der Waals surface area contributed by atoms with E-state index >= 15 is 0 Å². The summed E-state index contributed by atoms with van der Waals surface area (Å²) >= 11 is 2.97. The maximum absolute atomic E-state index is 12.1. The van der Waals surface area contributed by atoms with Crippen molar-refractivity contribution in [3.63, 3.8) is 0 Å². The van der Waals surface area contributed by atoms with Crippen LogP contribution >= 0.6 is 23.1 Å². The number of benzene rings is 1. The number of hydrogen-bond donors (Lipinski definition) is 1. The average molecular weight is 361 g/mol. The van der Waals surface area contributed by atoms with Crippen molar-refractivity contribution in [1.82, 2.24) is 15.3 Å². The van der Waals surface area contributed by atoms with E-state index in [0.29, 0.717) is 16.7 Å². The Morgan fingerprint density at radius 1 is 1.42 bits per heavy atom. The number of nitrogens with zero attached hydrogens (tertiary/aromatic N) is 2. The van der Waals surface area contributed by atoms with Crippen molar-refractivity contribution >= 4 is 40.1 Å². The third kappa shape index (κ3) is 3.79. The second-order valence-electron chi connectivity index (χ2n) is 5.60. The van der Waals surface area contributed by atoms with Crippen LogP contribution in [0, 0.1) is 6.92 Å². The topological polar surface area (TPSA) is 68.0 Å². The third-order valence-electron chi connectivity index (χ3n) is 3.69. The predicted molar refractivity (Wildman–Crippen MR) is 97.6 cm³/mol. The summed E-state index contributed by atoms with van der Waals surface area (Å²) in [5.74, 6) is 0.516. The molecule has 2 aromatic heterocycles. The molecule has 0 spiro atoms. The van der Waals surface area contributed by atoms with Gasteiger partial charge in [0.2, 0.25) is 0 Å². The van der Waals surface area contributed by atoms with Crippen molar-refractivity contribution in [1.29, 1.82) is 0 Å². The Hall–Kier alpha value is -1.86. The zero-order valence-corrected chi connectivity index (χ0v) is 15.5. The van der Waals surface area contributed by atoms with Gasteiger partial charge < -0.3 is 9.73 Å². The SMILES string of the molecule is CC[C@H](C)NC(=O)c1csc(CSc2nc3c(C)cccc3o2)n1. The summed E-state index contributed by atoms with van der Waals surface area (Å²) < 4.78 is 5.74. The van der Waals surface area contributed by atoms with Gasteiger partial charge in [-0.15, -0.1) is 11.3 Å². The van der Waals surface area contributed by atoms with E-state index in [4.69, 9.17) is 4.42 Å². The number of hydrogen-bond acceptors (Lipinski definition) is 6. The molecule has 7 heteroatoms. The molecule has 3 aromatic rings. The van der Waals surface area contributed by atoms with Crippen LogP contribution in [0.15, 0.2) is 33.2 Å². The van der Waals surface area contributed by atoms with Crippen LogP contribution < -0.4 is 5.32 Å². The molecule has 3 rings (SSSR count). The number of carbonyl (C=O) groups is 1. The normalized spacial score (nSPS) is 12.5. The number of thioether (sulfide) groups is 1. The van der Waals surface area contributed by atoms with Crippen molar-refractivity contribution in [3.05, 3.63) is 39.8 Å². The number of para-hydroxylation sites is 1. The molecule has 0 saturated heterocycles. The summed E-state index contributed by atoms with van der Waals surface area (Å²) in [4.78, 5) is 21.0. The van der Waals surface area contributed by atoms with Gasteiger partial charge in [0.1, 0.15) is 16.2 Å². The van der Waals surface area contributed by atoms with Crippen LogP contribution in [-0.4, -0.2) is 21.9 Å². The van der Waals surface area contributed by atoms with E-state index < -0.39 is 0 Å². The van der Waals surface area contributed by atoms with Gasteiger partial charge in [0.15, 0.2) is 5.58 Å². The fourth-order valence-corrected chi connectivity index (χ4v) is 3.76. The van der Waals surface area contributed by atoms with E-state index in [1.165, 1.54) is 23.1 Å². The summed E-state index contributed by atoms with van der Waals surface area (Å²) in [5, 5.41) is 6.23. The Morgan fingerprint density at radius 3 is 3.00 bits per heavy atom. The lowest BCUT2D eigenvalue weighted by atomic mass is 10.2. The second-order valence-corrected chi connectivity index (χ2v) is 7.47. The van der Waals surface area contributed by atoms with E-state index in [1.54, 1.807) is 5.38 Å². The first-order chi connectivity index (χ1) is 11.6. The number of aromatic nitrogens is 2. The van der Waals surface area contributed by atoms with Crippen LogP contribution in [0.3, 0.4) is 0 Å². The van der Waals surface area contributed by atoms with E-state index in [1.807, 2.05) is 39.0 Å². The van der Waals surface area contributed by atoms with Crippen molar-refractivity contribution in [2.24, 2.45) is 0 Å². The van der Waals surface area contributed by atoms with Crippen LogP contribution in [0.25, 0.3) is 11.1 Å². The van der Waals surface area contributed by atoms with Gasteiger partial charge in [-0.2, -0.15) is 0 Å². The lowest BCUT2D eigenvalue weighted by Crippen LogP contribution is -2.32. The molecule has 0 saturated carbocycles. The van der Waals surface area contributed by atoms with Gasteiger partial charge in [-0.25, -0.2) is 9.97 Å². The monoisotopic (exact) mass is 361 g/mol. The molecule has 1 atom stereocenters. The molecule has 0 bridgehead atoms. The van der Waals surface area contributed by atoms with E-state index in [-0.39, 0.29) is 11.9 Å². The molecule has 5 nitrogen and oxygen atoms in total. The lowest BCUT2D eigenvalue weighted by Gasteiger charge is -2.09. The van der Waals surface area contributed by atoms with Gasteiger partial charge in [0.25, 0.3) is 11.1 Å². The minimum Gasteiger partial charge on any atom is -0.431 e. The van der Waals surface area contributed by atoms with Gasteiger partial charge in [-0.1, -0.05) is 30.8 Å². The van der Waals surface area contributed by atoms with Crippen LogP contribution in [0.4, 0.5) is 0 Å². The highest BCUT2D eigenvalue weighted by Crippen LogP contribution is 2.28. The molecule has 0 radical (unpaired) electrons. The molecule has 1 N–H and O–H groups in total. The first kappa shape index (κ1) is 17.0. The van der Waals surface area contributed by atoms with Crippen molar-refractivity contribution in [2.45, 2.75) is 44.2 Å². The third-order valence-corrected chi connectivity index (χ3v) is 5.57. The molecule has 126 valence electrons. The maximum atomic E-state index is 12.1. The van der Waals surface area contributed by atoms with Gasteiger partial charge in [0, 0.05) is 11.4 Å². The Balaban J connectivity index is 1.64. The largest absolute Gasteiger partial charge is 0.431 e. The summed E-state index contributed by atoms with van der Waals surface area (Å²) in [5.41, 5.74) is 3.27. The number of rotatable bonds is 6. The van der Waals surface area contributed by atoms with E-state index in [9.17, 15) is 4.79 Å². The minimum absolute atomic E-state index is 0.116. The summed E-state index contributed by atoms with van der Waals surface area (Å²) in [6.07, 6.45) is 0.899. The van der Waals surface area contributed by atoms with Crippen molar-refractivity contribution < 1.29 is 9.21 Å². The second kappa shape index (κ2) is 7.36. The van der Waals surface area contributed by atoms with Crippen LogP contribution in [0.5, 0.6) is 0 Å². The fourth-order valence-electron chi connectivity index (χ4n) is 2.13. The molecule has 0 fully saturated rings. The maximum Gasteiger partial charge on any atom is 0.270 e. The van der Waals surface area contributed by atoms with E-state index in [0.717, 1.165) is 28.1 Å². The molecule has 0 unspecified atom stereocenters. The smallest absolute Gasteiger partial charge is 0.270 e. The van der Waals surface area contributed by atoms with Crippen molar-refractivity contribution in [3.8, 4) is 0 Å². The molecular formula is C17H19N3O2S2. The number of oxazole rings is 1. The predicted octanol–water partition coefficient (Wildman–Crippen LogP) is 4.41. The van der Waals surface area contributed by atoms with Crippen LogP contribution in [0.2, 0.25) is 0 Å². The quantitative estimate of drug-likeness (QED) is 0.659. The Labute approximate surface area is 148 Å². The van der Waals surface area contributed by atoms with Crippen LogP contribution in [0.1, 0.15) is 41.3 Å². The zero-order valence-electron chi connectivity index (χ0n) is 13.8. The van der Waals surface area contributed by atoms with Gasteiger partial charge >= 0.3 is 0 Å². The number of amides is 1. The molecule has 1 amide bonds. The van der Waals surface area contributed by atoms with Crippen LogP contribution in [-0.2, 0) is 5.75 Å². The fraction of sp³-hybridized carbons (Fsp3) is 0.353. The highest BCUT2D eigenvalue weighted by atomic mass is 32.2. The number of carbonyl (C=O) groups excluding carboxylic acids is 1. The zero-order chi connectivity index (χ0) is 17.1. The number of fused-ring (bicyclic) bond motifs is 1. The van der Waals surface area contributed by atoms with E-state index in [2.05, 4.69) is 15.3 Å². The molecule has 2 heterocycles. The Morgan fingerprint density at radius 2 is 2.25 bits per heavy atom. The molecule has 0 aliphatic carbocycles. The van der Waals surface area contributed by atoms with Gasteiger partial charge in [0.05, 0.1) is 5.75 Å². The standard InChI is InChI=1S/C17H19N3O2S2/c1-4-11(3)18-16(21)12-8-23-14(19-12)9-24-17-20-15-10(2)6-5-7-13(15)22-17/h5-8,11H,4,9H2,1-3H3,(H,18,21)/t11-/m0/s1. The average Bonchev–Trinajstić information content (AvgIpc) is 3.20. The number of aryl methyl sites for hydroxylation is 1. The molecule has 0 aliphatic rings. The van der Waals surface area contributed by atoms with Gasteiger partial charge in [-0.05, 0) is 31.9 Å². The highest BCUT2D eigenvalue weighted by Gasteiger charge is 2.14. The first-order valence-electron chi connectivity index (χ1n) is 7.81. The molecule has 24 heavy (non-hydrogen) atoms. The Bertz CT molecular complexity index is 857. The van der Waals surface area contributed by atoms with Gasteiger partial charge in [-0.3, -0.25) is 4.79 Å².